The third-order valence-electron chi connectivity index (χ3n) is 7.58. The van der Waals surface area contributed by atoms with Crippen molar-refractivity contribution in [3.8, 4) is 16.2 Å². The minimum absolute atomic E-state index is 0.0369. The number of primary amides is 1. The van der Waals surface area contributed by atoms with Crippen molar-refractivity contribution in [3.63, 3.8) is 0 Å². The van der Waals surface area contributed by atoms with Gasteiger partial charge in [0, 0.05) is 18.5 Å². The van der Waals surface area contributed by atoms with Crippen molar-refractivity contribution in [1.29, 1.82) is 0 Å². The van der Waals surface area contributed by atoms with Crippen LogP contribution in [0.3, 0.4) is 0 Å². The third-order valence-corrected chi connectivity index (χ3v) is 8.60. The van der Waals surface area contributed by atoms with E-state index in [1.54, 1.807) is 17.4 Å². The zero-order valence-electron chi connectivity index (χ0n) is 20.0. The standard InChI is InChI=1S/C28H29N3O3S/c1-15-5-3-7-18(11-15)26-24(30-16(2)35-26)28(33)31-20(12-19-13-23(19)31)14-21-10-9-17-6-4-8-22(27(29)32)25(17)34-21/h3-8,11,19-21,23H,9-10,12-14H2,1-2H3,(H2,29,32)/t19-,20+,21?,23+/m1/s1. The number of fused-ring (bicyclic) bond motifs is 2. The number of aryl methyl sites for hydroxylation is 3. The quantitative estimate of drug-likeness (QED) is 0.554. The van der Waals surface area contributed by atoms with Gasteiger partial charge < -0.3 is 15.4 Å². The van der Waals surface area contributed by atoms with Crippen molar-refractivity contribution in [3.05, 3.63) is 69.9 Å². The summed E-state index contributed by atoms with van der Waals surface area (Å²) in [6.07, 6.45) is 4.50. The zero-order chi connectivity index (χ0) is 24.3. The SMILES string of the molecule is Cc1cccc(-c2sc(C)nc2C(=O)N2[C@H](CC3CCc4cccc(C(N)=O)c4O3)C[C@@H]3C[C@@H]32)c1. The van der Waals surface area contributed by atoms with E-state index in [0.29, 0.717) is 29.0 Å². The number of nitrogens with two attached hydrogens (primary N) is 1. The predicted octanol–water partition coefficient (Wildman–Crippen LogP) is 4.91. The van der Waals surface area contributed by atoms with Gasteiger partial charge in [0.1, 0.15) is 17.5 Å². The Morgan fingerprint density at radius 1 is 1.17 bits per heavy atom. The number of likely N-dealkylation sites (tertiary alicyclic amines) is 1. The molecule has 6 nitrogen and oxygen atoms in total. The Bertz CT molecular complexity index is 1330. The molecule has 3 heterocycles. The molecule has 7 heteroatoms. The summed E-state index contributed by atoms with van der Waals surface area (Å²) in [5.74, 6) is 0.760. The monoisotopic (exact) mass is 487 g/mol. The third kappa shape index (κ3) is 4.01. The van der Waals surface area contributed by atoms with Crippen LogP contribution in [-0.4, -0.2) is 39.9 Å². The van der Waals surface area contributed by atoms with Gasteiger partial charge in [-0.2, -0.15) is 0 Å². The van der Waals surface area contributed by atoms with Crippen LogP contribution in [0.1, 0.15) is 62.7 Å². The molecule has 0 bridgehead atoms. The summed E-state index contributed by atoms with van der Waals surface area (Å²) in [5.41, 5.74) is 9.85. The number of piperidine rings is 1. The number of rotatable bonds is 5. The summed E-state index contributed by atoms with van der Waals surface area (Å²) in [6, 6.07) is 14.3. The topological polar surface area (TPSA) is 85.5 Å². The Kier molecular flexibility index (Phi) is 5.40. The second kappa shape index (κ2) is 8.48. The molecule has 1 unspecified atom stereocenters. The van der Waals surface area contributed by atoms with E-state index in [2.05, 4.69) is 30.0 Å². The van der Waals surface area contributed by atoms with Crippen LogP contribution in [0.4, 0.5) is 0 Å². The smallest absolute Gasteiger partial charge is 0.274 e. The molecule has 2 fully saturated rings. The first-order valence-corrected chi connectivity index (χ1v) is 13.2. The molecule has 2 N–H and O–H groups in total. The van der Waals surface area contributed by atoms with Gasteiger partial charge in [-0.1, -0.05) is 42.0 Å². The molecule has 1 saturated carbocycles. The van der Waals surface area contributed by atoms with Crippen LogP contribution in [-0.2, 0) is 6.42 Å². The number of hydrogen-bond donors (Lipinski definition) is 1. The molecule has 35 heavy (non-hydrogen) atoms. The maximum Gasteiger partial charge on any atom is 0.274 e. The fourth-order valence-corrected chi connectivity index (χ4v) is 6.80. The first-order chi connectivity index (χ1) is 16.9. The zero-order valence-corrected chi connectivity index (χ0v) is 20.8. The second-order valence-corrected chi connectivity index (χ2v) is 11.3. The molecule has 0 radical (unpaired) electrons. The van der Waals surface area contributed by atoms with Crippen molar-refractivity contribution in [2.24, 2.45) is 11.7 Å². The summed E-state index contributed by atoms with van der Waals surface area (Å²) in [7, 11) is 0. The van der Waals surface area contributed by atoms with Crippen molar-refractivity contribution < 1.29 is 14.3 Å². The van der Waals surface area contributed by atoms with Crippen molar-refractivity contribution in [1.82, 2.24) is 9.88 Å². The van der Waals surface area contributed by atoms with Gasteiger partial charge in [-0.05, 0) is 62.6 Å². The maximum atomic E-state index is 13.9. The number of nitrogens with zero attached hydrogens (tertiary/aromatic N) is 2. The lowest BCUT2D eigenvalue weighted by Gasteiger charge is -2.33. The molecular formula is C28H29N3O3S. The van der Waals surface area contributed by atoms with Gasteiger partial charge in [-0.3, -0.25) is 9.59 Å². The number of benzene rings is 2. The Morgan fingerprint density at radius 2 is 2.00 bits per heavy atom. The van der Waals surface area contributed by atoms with E-state index in [1.807, 2.05) is 25.1 Å². The molecule has 2 aromatic carbocycles. The van der Waals surface area contributed by atoms with Gasteiger partial charge in [0.2, 0.25) is 0 Å². The van der Waals surface area contributed by atoms with Crippen LogP contribution in [0.25, 0.3) is 10.4 Å². The summed E-state index contributed by atoms with van der Waals surface area (Å²) in [6.45, 7) is 4.03. The molecule has 180 valence electrons. The number of para-hydroxylation sites is 1. The van der Waals surface area contributed by atoms with E-state index in [0.717, 1.165) is 53.1 Å². The largest absolute Gasteiger partial charge is 0.489 e. The highest BCUT2D eigenvalue weighted by Gasteiger charge is 2.55. The highest BCUT2D eigenvalue weighted by atomic mass is 32.1. The molecule has 3 aliphatic rings. The van der Waals surface area contributed by atoms with Gasteiger partial charge in [0.15, 0.2) is 0 Å². The Balaban J connectivity index is 1.25. The lowest BCUT2D eigenvalue weighted by Crippen LogP contribution is -2.42. The highest BCUT2D eigenvalue weighted by molar-refractivity contribution is 7.15. The van der Waals surface area contributed by atoms with E-state index >= 15 is 0 Å². The second-order valence-electron chi connectivity index (χ2n) is 10.1. The number of carbonyl (C=O) groups is 2. The highest BCUT2D eigenvalue weighted by Crippen LogP contribution is 2.50. The summed E-state index contributed by atoms with van der Waals surface area (Å²) in [4.78, 5) is 33.6. The van der Waals surface area contributed by atoms with Crippen LogP contribution in [0.5, 0.6) is 5.75 Å². The van der Waals surface area contributed by atoms with Gasteiger partial charge in [-0.15, -0.1) is 11.3 Å². The van der Waals surface area contributed by atoms with Gasteiger partial charge in [-0.25, -0.2) is 4.98 Å². The van der Waals surface area contributed by atoms with Crippen LogP contribution in [0, 0.1) is 19.8 Å². The minimum Gasteiger partial charge on any atom is -0.489 e. The van der Waals surface area contributed by atoms with Crippen molar-refractivity contribution in [2.45, 2.75) is 64.1 Å². The van der Waals surface area contributed by atoms with E-state index in [1.165, 1.54) is 5.56 Å². The fraction of sp³-hybridized carbons (Fsp3) is 0.393. The normalized spacial score (nSPS) is 24.5. The molecule has 1 aromatic heterocycles. The van der Waals surface area contributed by atoms with E-state index < -0.39 is 5.91 Å². The molecule has 0 spiro atoms. The molecule has 1 aliphatic carbocycles. The van der Waals surface area contributed by atoms with Crippen molar-refractivity contribution >= 4 is 23.2 Å². The van der Waals surface area contributed by atoms with E-state index in [9.17, 15) is 9.59 Å². The first kappa shape index (κ1) is 22.3. The average molecular weight is 488 g/mol. The van der Waals surface area contributed by atoms with Crippen LogP contribution in [0.2, 0.25) is 0 Å². The van der Waals surface area contributed by atoms with Crippen molar-refractivity contribution in [2.75, 3.05) is 0 Å². The number of amides is 2. The van der Waals surface area contributed by atoms with Crippen LogP contribution in [0.15, 0.2) is 42.5 Å². The number of ether oxygens (including phenoxy) is 1. The molecule has 3 aromatic rings. The predicted molar refractivity (Wildman–Crippen MR) is 136 cm³/mol. The number of hydrogen-bond acceptors (Lipinski definition) is 5. The first-order valence-electron chi connectivity index (χ1n) is 12.3. The number of carbonyl (C=O) groups excluding carboxylic acids is 2. The lowest BCUT2D eigenvalue weighted by molar-refractivity contribution is 0.0618. The van der Waals surface area contributed by atoms with Gasteiger partial charge >= 0.3 is 0 Å². The number of aromatic nitrogens is 1. The van der Waals surface area contributed by atoms with Gasteiger partial charge in [0.25, 0.3) is 11.8 Å². The lowest BCUT2D eigenvalue weighted by atomic mass is 9.94. The Labute approximate surface area is 209 Å². The van der Waals surface area contributed by atoms with E-state index in [4.69, 9.17) is 15.5 Å². The molecule has 4 atom stereocenters. The van der Waals surface area contributed by atoms with Gasteiger partial charge in [0.05, 0.1) is 15.4 Å². The Hall–Kier alpha value is -3.19. The molecule has 6 rings (SSSR count). The minimum atomic E-state index is -0.469. The van der Waals surface area contributed by atoms with E-state index in [-0.39, 0.29) is 18.1 Å². The maximum absolute atomic E-state index is 13.9. The molecule has 2 amide bonds. The molecular weight excluding hydrogens is 458 g/mol. The average Bonchev–Trinajstić information content (AvgIpc) is 3.32. The summed E-state index contributed by atoms with van der Waals surface area (Å²) < 4.78 is 6.33. The summed E-state index contributed by atoms with van der Waals surface area (Å²) in [5, 5.41) is 0.902. The fourth-order valence-electron chi connectivity index (χ4n) is 5.89. The number of thiazole rings is 1. The Morgan fingerprint density at radius 3 is 2.80 bits per heavy atom. The van der Waals surface area contributed by atoms with Crippen LogP contribution >= 0.6 is 11.3 Å². The van der Waals surface area contributed by atoms with Crippen LogP contribution < -0.4 is 10.5 Å². The molecule has 2 aliphatic heterocycles. The summed E-state index contributed by atoms with van der Waals surface area (Å²) >= 11 is 1.58. The molecule has 1 saturated heterocycles.